The molecule has 1 unspecified atom stereocenters. The van der Waals surface area contributed by atoms with Crippen LogP contribution in [0.3, 0.4) is 0 Å². The van der Waals surface area contributed by atoms with Crippen molar-refractivity contribution in [2.24, 2.45) is 0 Å². The van der Waals surface area contributed by atoms with E-state index < -0.39 is 23.8 Å². The predicted octanol–water partition coefficient (Wildman–Crippen LogP) is 1.43. The summed E-state index contributed by atoms with van der Waals surface area (Å²) in [5.74, 6) is -1.06. The number of ether oxygens (including phenoxy) is 1. The molecule has 1 atom stereocenters. The first-order chi connectivity index (χ1) is 12.0. The van der Waals surface area contributed by atoms with Crippen LogP contribution in [0.5, 0.6) is 0 Å². The van der Waals surface area contributed by atoms with E-state index in [-0.39, 0.29) is 19.6 Å². The van der Waals surface area contributed by atoms with Crippen molar-refractivity contribution in [1.29, 1.82) is 0 Å². The van der Waals surface area contributed by atoms with Gasteiger partial charge in [-0.25, -0.2) is 4.79 Å². The summed E-state index contributed by atoms with van der Waals surface area (Å²) in [5, 5.41) is 2.36. The Morgan fingerprint density at radius 1 is 1.24 bits per heavy atom. The van der Waals surface area contributed by atoms with Gasteiger partial charge in [0.15, 0.2) is 18.1 Å². The molecule has 0 aliphatic rings. The maximum Gasteiger partial charge on any atom is 0.318 e. The second kappa shape index (κ2) is 10.7. The lowest BCUT2D eigenvalue weighted by molar-refractivity contribution is -0.143. The lowest BCUT2D eigenvalue weighted by Gasteiger charge is -2.25. The van der Waals surface area contributed by atoms with Crippen molar-refractivity contribution >= 4 is 30.1 Å². The average molecular weight is 346 g/mol. The molecule has 7 heteroatoms. The smallest absolute Gasteiger partial charge is 0.318 e. The normalized spacial score (nSPS) is 11.6. The number of hydrogen-bond acceptors (Lipinski definition) is 5. The maximum absolute atomic E-state index is 12.3. The Morgan fingerprint density at radius 3 is 2.48 bits per heavy atom. The Morgan fingerprint density at radius 2 is 1.92 bits per heavy atom. The molecule has 1 aromatic rings. The van der Waals surface area contributed by atoms with E-state index in [9.17, 15) is 19.2 Å². The zero-order chi connectivity index (χ0) is 18.7. The van der Waals surface area contributed by atoms with Crippen LogP contribution in [0.2, 0.25) is 0 Å². The molecular formula is C18H22N2O5. The lowest BCUT2D eigenvalue weighted by Crippen LogP contribution is -2.50. The van der Waals surface area contributed by atoms with Gasteiger partial charge in [-0.2, -0.15) is 0 Å². The van der Waals surface area contributed by atoms with Crippen LogP contribution in [0.1, 0.15) is 18.9 Å². The maximum atomic E-state index is 12.3. The molecule has 1 aromatic carbocycles. The number of nitrogens with one attached hydrogen (secondary N) is 1. The first-order valence-corrected chi connectivity index (χ1v) is 7.89. The van der Waals surface area contributed by atoms with Crippen LogP contribution in [-0.2, 0) is 19.1 Å². The van der Waals surface area contributed by atoms with Gasteiger partial charge in [-0.3, -0.25) is 9.59 Å². The molecule has 0 aliphatic heterocycles. The summed E-state index contributed by atoms with van der Waals surface area (Å²) < 4.78 is 4.80. The molecule has 0 radical (unpaired) electrons. The van der Waals surface area contributed by atoms with Gasteiger partial charge in [0.2, 0.25) is 0 Å². The number of benzene rings is 1. The van der Waals surface area contributed by atoms with Gasteiger partial charge in [0.1, 0.15) is 0 Å². The first kappa shape index (κ1) is 20.1. The van der Waals surface area contributed by atoms with Crippen LogP contribution >= 0.6 is 0 Å². The van der Waals surface area contributed by atoms with Crippen LogP contribution in [0, 0.1) is 0 Å². The second-order valence-electron chi connectivity index (χ2n) is 5.03. The zero-order valence-electron chi connectivity index (χ0n) is 14.3. The third-order valence-electron chi connectivity index (χ3n) is 3.33. The molecule has 25 heavy (non-hydrogen) atoms. The number of aldehydes is 1. The van der Waals surface area contributed by atoms with Gasteiger partial charge < -0.3 is 19.7 Å². The average Bonchev–Trinajstić information content (AvgIpc) is 2.63. The molecule has 0 spiro atoms. The summed E-state index contributed by atoms with van der Waals surface area (Å²) in [5.41, 5.74) is 0.790. The molecule has 0 aliphatic carbocycles. The predicted molar refractivity (Wildman–Crippen MR) is 92.7 cm³/mol. The van der Waals surface area contributed by atoms with Crippen molar-refractivity contribution in [3.05, 3.63) is 42.0 Å². The van der Waals surface area contributed by atoms with Crippen LogP contribution < -0.4 is 5.32 Å². The molecule has 2 amide bonds. The first-order valence-electron chi connectivity index (χ1n) is 7.89. The third kappa shape index (κ3) is 6.58. The van der Waals surface area contributed by atoms with E-state index >= 15 is 0 Å². The highest BCUT2D eigenvalue weighted by Gasteiger charge is 2.28. The fraction of sp³-hybridized carbons (Fsp3) is 0.333. The summed E-state index contributed by atoms with van der Waals surface area (Å²) in [4.78, 5) is 48.2. The standard InChI is InChI=1S/C18H22N2O5/c1-3-25-17(23)11-12-20(18(24)19-2)15(13-21)16(22)10-9-14-7-5-4-6-8-14/h4-10,13,15H,3,11-12H2,1-2H3,(H,19,24). The van der Waals surface area contributed by atoms with Crippen LogP contribution in [0.25, 0.3) is 6.08 Å². The number of urea groups is 1. The van der Waals surface area contributed by atoms with Gasteiger partial charge in [0, 0.05) is 13.6 Å². The van der Waals surface area contributed by atoms with Crippen LogP contribution in [-0.4, -0.2) is 55.2 Å². The molecule has 0 heterocycles. The molecule has 0 fully saturated rings. The monoisotopic (exact) mass is 346 g/mol. The van der Waals surface area contributed by atoms with Crippen LogP contribution in [0.15, 0.2) is 36.4 Å². The van der Waals surface area contributed by atoms with E-state index in [4.69, 9.17) is 4.74 Å². The second-order valence-corrected chi connectivity index (χ2v) is 5.03. The summed E-state index contributed by atoms with van der Waals surface area (Å²) >= 11 is 0. The fourth-order valence-electron chi connectivity index (χ4n) is 2.09. The number of carbonyl (C=O) groups excluding carboxylic acids is 4. The summed E-state index contributed by atoms with van der Waals surface area (Å²) in [7, 11) is 1.38. The molecule has 0 bridgehead atoms. The fourth-order valence-corrected chi connectivity index (χ4v) is 2.09. The van der Waals surface area contributed by atoms with Gasteiger partial charge in [0.05, 0.1) is 13.0 Å². The molecule has 1 rings (SSSR count). The summed E-state index contributed by atoms with van der Waals surface area (Å²) in [6, 6.07) is 7.15. The number of nitrogens with zero attached hydrogens (tertiary/aromatic N) is 1. The Kier molecular flexibility index (Phi) is 8.63. The SMILES string of the molecule is CCOC(=O)CCN(C(=O)NC)C(C=O)C(=O)C=Cc1ccccc1. The Hall–Kier alpha value is -2.96. The van der Waals surface area contributed by atoms with Gasteiger partial charge >= 0.3 is 12.0 Å². The van der Waals surface area contributed by atoms with Gasteiger partial charge in [-0.1, -0.05) is 36.4 Å². The number of rotatable bonds is 9. The largest absolute Gasteiger partial charge is 0.466 e. The highest BCUT2D eigenvalue weighted by Crippen LogP contribution is 2.06. The molecule has 1 N–H and O–H groups in total. The minimum atomic E-state index is -1.31. The molecule has 0 saturated heterocycles. The summed E-state index contributed by atoms with van der Waals surface area (Å²) in [6.07, 6.45) is 3.08. The molecular weight excluding hydrogens is 324 g/mol. The van der Waals surface area contributed by atoms with Gasteiger partial charge in [-0.15, -0.1) is 0 Å². The number of carbonyl (C=O) groups is 4. The van der Waals surface area contributed by atoms with Crippen LogP contribution in [0.4, 0.5) is 4.79 Å². The van der Waals surface area contributed by atoms with E-state index in [1.807, 2.05) is 18.2 Å². The van der Waals surface area contributed by atoms with E-state index in [0.29, 0.717) is 6.29 Å². The van der Waals surface area contributed by atoms with Crippen molar-refractivity contribution in [3.8, 4) is 0 Å². The molecule has 134 valence electrons. The third-order valence-corrected chi connectivity index (χ3v) is 3.33. The quantitative estimate of drug-likeness (QED) is 0.316. The molecule has 0 saturated carbocycles. The number of esters is 1. The highest BCUT2D eigenvalue weighted by atomic mass is 16.5. The van der Waals surface area contributed by atoms with Gasteiger partial charge in [0.25, 0.3) is 0 Å². The topological polar surface area (TPSA) is 92.8 Å². The van der Waals surface area contributed by atoms with Crippen molar-refractivity contribution in [2.45, 2.75) is 19.4 Å². The Bertz CT molecular complexity index is 628. The van der Waals surface area contributed by atoms with Crippen molar-refractivity contribution in [2.75, 3.05) is 20.2 Å². The molecule has 7 nitrogen and oxygen atoms in total. The summed E-state index contributed by atoms with van der Waals surface area (Å²) in [6.45, 7) is 1.78. The number of amides is 2. The van der Waals surface area contributed by atoms with Crippen molar-refractivity contribution in [3.63, 3.8) is 0 Å². The Balaban J connectivity index is 2.86. The minimum absolute atomic E-state index is 0.104. The lowest BCUT2D eigenvalue weighted by atomic mass is 10.1. The van der Waals surface area contributed by atoms with Gasteiger partial charge in [-0.05, 0) is 18.6 Å². The van der Waals surface area contributed by atoms with E-state index in [0.717, 1.165) is 10.5 Å². The number of ketones is 1. The minimum Gasteiger partial charge on any atom is -0.466 e. The zero-order valence-corrected chi connectivity index (χ0v) is 14.3. The van der Waals surface area contributed by atoms with E-state index in [1.54, 1.807) is 25.1 Å². The highest BCUT2D eigenvalue weighted by molar-refractivity contribution is 6.08. The molecule has 0 aromatic heterocycles. The van der Waals surface area contributed by atoms with E-state index in [2.05, 4.69) is 5.32 Å². The van der Waals surface area contributed by atoms with Crippen molar-refractivity contribution in [1.82, 2.24) is 10.2 Å². The van der Waals surface area contributed by atoms with E-state index in [1.165, 1.54) is 13.1 Å². The number of hydrogen-bond donors (Lipinski definition) is 1. The van der Waals surface area contributed by atoms with Crippen molar-refractivity contribution < 1.29 is 23.9 Å². The Labute approximate surface area is 146 Å².